The average Bonchev–Trinajstić information content (AvgIpc) is 3.06. The van der Waals surface area contributed by atoms with Gasteiger partial charge in [-0.1, -0.05) is 12.1 Å². The maximum atomic E-state index is 14.1. The number of carbonyl (C=O) groups excluding carboxylic acids is 1. The first kappa shape index (κ1) is 20.8. The Balaban J connectivity index is 1.63. The molecule has 166 valence electrons. The van der Waals surface area contributed by atoms with Crippen molar-refractivity contribution in [3.63, 3.8) is 0 Å². The van der Waals surface area contributed by atoms with Gasteiger partial charge in [-0.05, 0) is 54.8 Å². The van der Waals surface area contributed by atoms with E-state index in [0.29, 0.717) is 48.4 Å². The second-order valence-corrected chi connectivity index (χ2v) is 8.52. The highest BCUT2D eigenvalue weighted by Gasteiger charge is 2.42. The van der Waals surface area contributed by atoms with Gasteiger partial charge in [-0.3, -0.25) is 14.5 Å². The van der Waals surface area contributed by atoms with Crippen molar-refractivity contribution in [2.75, 3.05) is 39.4 Å². The van der Waals surface area contributed by atoms with Crippen LogP contribution in [0.4, 0.5) is 4.39 Å². The molecule has 2 aliphatic heterocycles. The lowest BCUT2D eigenvalue weighted by molar-refractivity contribution is 0.0314. The summed E-state index contributed by atoms with van der Waals surface area (Å²) in [6.07, 6.45) is 0. The second kappa shape index (κ2) is 8.15. The van der Waals surface area contributed by atoms with Crippen molar-refractivity contribution in [3.05, 3.63) is 80.5 Å². The molecule has 0 N–H and O–H groups in total. The Labute approximate surface area is 185 Å². The van der Waals surface area contributed by atoms with Crippen LogP contribution in [0.15, 0.2) is 45.6 Å². The number of hydrogen-bond acceptors (Lipinski definition) is 5. The highest BCUT2D eigenvalue weighted by atomic mass is 19.1. The molecule has 0 radical (unpaired) electrons. The van der Waals surface area contributed by atoms with Gasteiger partial charge in [0.05, 0.1) is 30.2 Å². The molecule has 5 rings (SSSR count). The zero-order valence-corrected chi connectivity index (χ0v) is 18.2. The molecule has 0 unspecified atom stereocenters. The maximum Gasteiger partial charge on any atom is 0.290 e. The molecule has 0 bridgehead atoms. The number of nitrogens with zero attached hydrogens (tertiary/aromatic N) is 2. The molecule has 3 aromatic rings. The van der Waals surface area contributed by atoms with Crippen molar-refractivity contribution in [1.29, 1.82) is 0 Å². The van der Waals surface area contributed by atoms with E-state index in [1.807, 2.05) is 13.8 Å². The van der Waals surface area contributed by atoms with Gasteiger partial charge in [0.15, 0.2) is 5.43 Å². The second-order valence-electron chi connectivity index (χ2n) is 8.52. The van der Waals surface area contributed by atoms with Gasteiger partial charge < -0.3 is 14.1 Å². The molecule has 1 amide bonds. The number of ether oxygens (including phenoxy) is 1. The molecular weight excluding hydrogens is 411 g/mol. The zero-order chi connectivity index (χ0) is 22.4. The van der Waals surface area contributed by atoms with Crippen molar-refractivity contribution >= 4 is 16.9 Å². The predicted molar refractivity (Wildman–Crippen MR) is 118 cm³/mol. The number of fused-ring (bicyclic) bond motifs is 2. The molecule has 1 atom stereocenters. The third-order valence-electron chi connectivity index (χ3n) is 6.51. The van der Waals surface area contributed by atoms with Crippen LogP contribution in [0, 0.1) is 19.7 Å². The Hall–Kier alpha value is -3.03. The summed E-state index contributed by atoms with van der Waals surface area (Å²) in [7, 11) is 0. The van der Waals surface area contributed by atoms with Crippen LogP contribution < -0.4 is 5.43 Å². The van der Waals surface area contributed by atoms with Gasteiger partial charge in [0, 0.05) is 26.2 Å². The minimum Gasteiger partial charge on any atom is -0.450 e. The first-order valence-electron chi connectivity index (χ1n) is 10.9. The number of rotatable bonds is 4. The van der Waals surface area contributed by atoms with Crippen LogP contribution in [-0.4, -0.2) is 55.1 Å². The van der Waals surface area contributed by atoms with Gasteiger partial charge in [0.25, 0.3) is 5.91 Å². The van der Waals surface area contributed by atoms with E-state index >= 15 is 0 Å². The monoisotopic (exact) mass is 436 g/mol. The van der Waals surface area contributed by atoms with Crippen LogP contribution in [0.25, 0.3) is 11.0 Å². The van der Waals surface area contributed by atoms with E-state index in [1.165, 1.54) is 12.1 Å². The minimum atomic E-state index is -0.684. The number of benzene rings is 2. The molecule has 0 aliphatic carbocycles. The number of amides is 1. The van der Waals surface area contributed by atoms with E-state index in [2.05, 4.69) is 4.90 Å². The molecule has 1 fully saturated rings. The van der Waals surface area contributed by atoms with Crippen LogP contribution in [-0.2, 0) is 4.74 Å². The number of carbonyl (C=O) groups is 1. The summed E-state index contributed by atoms with van der Waals surface area (Å²) in [5, 5.41) is 0.441. The third-order valence-corrected chi connectivity index (χ3v) is 6.51. The van der Waals surface area contributed by atoms with Gasteiger partial charge in [0.2, 0.25) is 5.76 Å². The fraction of sp³-hybridized carbons (Fsp3) is 0.360. The molecule has 2 aliphatic rings. The predicted octanol–water partition coefficient (Wildman–Crippen LogP) is 3.43. The van der Waals surface area contributed by atoms with E-state index in [9.17, 15) is 14.0 Å². The Bertz CT molecular complexity index is 1260. The SMILES string of the molecule is Cc1cc2oc3c(c(=O)c2cc1C)[C@@H](c1cccc(F)c1)N(CCN1CCOCC1)C3=O. The quantitative estimate of drug-likeness (QED) is 0.627. The first-order valence-corrected chi connectivity index (χ1v) is 10.9. The van der Waals surface area contributed by atoms with Crippen LogP contribution in [0.5, 0.6) is 0 Å². The zero-order valence-electron chi connectivity index (χ0n) is 18.2. The molecule has 0 saturated carbocycles. The van der Waals surface area contributed by atoms with Crippen molar-refractivity contribution in [2.24, 2.45) is 0 Å². The van der Waals surface area contributed by atoms with Crippen LogP contribution in [0.3, 0.4) is 0 Å². The first-order chi connectivity index (χ1) is 15.4. The van der Waals surface area contributed by atoms with Crippen LogP contribution >= 0.6 is 0 Å². The minimum absolute atomic E-state index is 0.0574. The lowest BCUT2D eigenvalue weighted by Gasteiger charge is -2.31. The van der Waals surface area contributed by atoms with Gasteiger partial charge in [-0.25, -0.2) is 4.39 Å². The van der Waals surface area contributed by atoms with Crippen LogP contribution in [0.1, 0.15) is 38.9 Å². The summed E-state index contributed by atoms with van der Waals surface area (Å²) >= 11 is 0. The Kier molecular flexibility index (Phi) is 5.31. The Morgan fingerprint density at radius 3 is 2.53 bits per heavy atom. The summed E-state index contributed by atoms with van der Waals surface area (Å²) in [6, 6.07) is 9.02. The largest absolute Gasteiger partial charge is 0.450 e. The normalized spacial score (nSPS) is 19.0. The highest BCUT2D eigenvalue weighted by Crippen LogP contribution is 2.38. The van der Waals surface area contributed by atoms with E-state index in [1.54, 1.807) is 29.2 Å². The molecule has 1 saturated heterocycles. The van der Waals surface area contributed by atoms with E-state index in [0.717, 1.165) is 24.2 Å². The molecule has 0 spiro atoms. The smallest absolute Gasteiger partial charge is 0.290 e. The van der Waals surface area contributed by atoms with Gasteiger partial charge in [-0.2, -0.15) is 0 Å². The van der Waals surface area contributed by atoms with E-state index in [-0.39, 0.29) is 17.1 Å². The van der Waals surface area contributed by atoms with Gasteiger partial charge in [-0.15, -0.1) is 0 Å². The summed E-state index contributed by atoms with van der Waals surface area (Å²) in [5.41, 5.74) is 2.98. The third kappa shape index (κ3) is 3.51. The summed E-state index contributed by atoms with van der Waals surface area (Å²) in [5.74, 6) is -0.685. The van der Waals surface area contributed by atoms with E-state index in [4.69, 9.17) is 9.15 Å². The van der Waals surface area contributed by atoms with E-state index < -0.39 is 11.9 Å². The molecule has 1 aromatic heterocycles. The van der Waals surface area contributed by atoms with Crippen molar-refractivity contribution in [1.82, 2.24) is 9.80 Å². The lowest BCUT2D eigenvalue weighted by atomic mass is 9.97. The molecule has 2 aromatic carbocycles. The van der Waals surface area contributed by atoms with Crippen molar-refractivity contribution in [3.8, 4) is 0 Å². The summed E-state index contributed by atoms with van der Waals surface area (Å²) < 4.78 is 25.5. The topological polar surface area (TPSA) is 63.0 Å². The highest BCUT2D eigenvalue weighted by molar-refractivity contribution is 5.99. The molecule has 7 heteroatoms. The fourth-order valence-corrected chi connectivity index (χ4v) is 4.60. The number of morpholine rings is 1. The number of aryl methyl sites for hydroxylation is 2. The molecule has 3 heterocycles. The van der Waals surface area contributed by atoms with Crippen LogP contribution in [0.2, 0.25) is 0 Å². The molecular formula is C25H25FN2O4. The van der Waals surface area contributed by atoms with Gasteiger partial charge in [0.1, 0.15) is 11.4 Å². The van der Waals surface area contributed by atoms with Gasteiger partial charge >= 0.3 is 0 Å². The average molecular weight is 436 g/mol. The standard InChI is InChI=1S/C25H25FN2O4/c1-15-12-19-20(13-16(15)2)32-24-21(23(19)29)22(17-4-3-5-18(26)14-17)28(25(24)30)7-6-27-8-10-31-11-9-27/h3-5,12-14,22H,6-11H2,1-2H3/t22-/m1/s1. The number of hydrogen-bond donors (Lipinski definition) is 0. The maximum absolute atomic E-state index is 14.1. The Morgan fingerprint density at radius 2 is 1.78 bits per heavy atom. The lowest BCUT2D eigenvalue weighted by Crippen LogP contribution is -2.42. The Morgan fingerprint density at radius 1 is 1.03 bits per heavy atom. The summed E-state index contributed by atoms with van der Waals surface area (Å²) in [4.78, 5) is 30.9. The number of halogens is 1. The van der Waals surface area contributed by atoms with Crippen molar-refractivity contribution < 1.29 is 18.3 Å². The summed E-state index contributed by atoms with van der Waals surface area (Å²) in [6.45, 7) is 7.81. The fourth-order valence-electron chi connectivity index (χ4n) is 4.60. The van der Waals surface area contributed by atoms with Crippen molar-refractivity contribution in [2.45, 2.75) is 19.9 Å². The molecule has 6 nitrogen and oxygen atoms in total. The molecule has 32 heavy (non-hydrogen) atoms.